The van der Waals surface area contributed by atoms with Crippen molar-refractivity contribution < 1.29 is 4.42 Å². The van der Waals surface area contributed by atoms with Gasteiger partial charge < -0.3 is 9.32 Å². The number of benzene rings is 9. The van der Waals surface area contributed by atoms with Gasteiger partial charge in [-0.25, -0.2) is 0 Å². The molecule has 0 saturated heterocycles. The molecule has 0 fully saturated rings. The van der Waals surface area contributed by atoms with Gasteiger partial charge in [0.25, 0.3) is 0 Å². The first-order chi connectivity index (χ1) is 26.3. The average molecular weight is 694 g/mol. The Morgan fingerprint density at radius 3 is 1.98 bits per heavy atom. The number of nitrogens with zero attached hydrogens (tertiary/aromatic N) is 1. The first-order valence-corrected chi connectivity index (χ1v) is 18.8. The molecule has 0 N–H and O–H groups in total. The lowest BCUT2D eigenvalue weighted by Gasteiger charge is -2.28. The van der Waals surface area contributed by atoms with Gasteiger partial charge in [-0.1, -0.05) is 140 Å². The van der Waals surface area contributed by atoms with Crippen LogP contribution in [0.3, 0.4) is 0 Å². The van der Waals surface area contributed by atoms with Crippen LogP contribution in [0.25, 0.3) is 85.9 Å². The highest BCUT2D eigenvalue weighted by atomic mass is 32.1. The van der Waals surface area contributed by atoms with E-state index in [1.807, 2.05) is 11.3 Å². The smallest absolute Gasteiger partial charge is 0.143 e. The zero-order valence-corrected chi connectivity index (χ0v) is 29.5. The van der Waals surface area contributed by atoms with Crippen LogP contribution in [0.1, 0.15) is 0 Å². The van der Waals surface area contributed by atoms with Gasteiger partial charge in [-0.3, -0.25) is 0 Å². The molecule has 0 spiro atoms. The molecular weight excluding hydrogens is 663 g/mol. The van der Waals surface area contributed by atoms with Crippen molar-refractivity contribution in [3.63, 3.8) is 0 Å². The second-order valence-corrected chi connectivity index (χ2v) is 14.7. The summed E-state index contributed by atoms with van der Waals surface area (Å²) < 4.78 is 9.21. The van der Waals surface area contributed by atoms with E-state index in [-0.39, 0.29) is 0 Å². The Hall–Kier alpha value is -6.68. The number of thiophene rings is 1. The fourth-order valence-corrected chi connectivity index (χ4v) is 9.37. The van der Waals surface area contributed by atoms with Gasteiger partial charge in [0.1, 0.15) is 11.2 Å². The van der Waals surface area contributed by atoms with Crippen LogP contribution >= 0.6 is 11.3 Å². The Balaban J connectivity index is 1.14. The summed E-state index contributed by atoms with van der Waals surface area (Å²) in [7, 11) is 0. The number of hydrogen-bond donors (Lipinski definition) is 0. The Labute approximate surface area is 310 Å². The molecule has 2 nitrogen and oxygen atoms in total. The molecule has 0 aliphatic heterocycles. The average Bonchev–Trinajstić information content (AvgIpc) is 3.81. The molecule has 0 radical (unpaired) electrons. The molecule has 0 bridgehead atoms. The third-order valence-electron chi connectivity index (χ3n) is 10.7. The highest BCUT2D eigenvalue weighted by Crippen LogP contribution is 2.49. The van der Waals surface area contributed by atoms with Crippen molar-refractivity contribution in [1.29, 1.82) is 0 Å². The lowest BCUT2D eigenvalue weighted by Crippen LogP contribution is -2.11. The molecule has 0 aliphatic rings. The van der Waals surface area contributed by atoms with E-state index in [1.165, 1.54) is 47.5 Å². The van der Waals surface area contributed by atoms with E-state index in [0.29, 0.717) is 0 Å². The molecule has 0 unspecified atom stereocenters. The summed E-state index contributed by atoms with van der Waals surface area (Å²) in [5.41, 5.74) is 9.87. The van der Waals surface area contributed by atoms with E-state index in [4.69, 9.17) is 4.42 Å². The van der Waals surface area contributed by atoms with Crippen molar-refractivity contribution in [3.05, 3.63) is 188 Å². The molecule has 2 heterocycles. The number of hydrogen-bond acceptors (Lipinski definition) is 3. The van der Waals surface area contributed by atoms with Crippen LogP contribution < -0.4 is 4.90 Å². The summed E-state index contributed by atoms with van der Waals surface area (Å²) in [5.74, 6) is 0. The van der Waals surface area contributed by atoms with Crippen LogP contribution in [0, 0.1) is 0 Å². The number of para-hydroxylation sites is 1. The Kier molecular flexibility index (Phi) is 6.76. The monoisotopic (exact) mass is 693 g/mol. The maximum Gasteiger partial charge on any atom is 0.143 e. The summed E-state index contributed by atoms with van der Waals surface area (Å²) in [5, 5.41) is 9.62. The van der Waals surface area contributed by atoms with E-state index in [2.05, 4.69) is 193 Å². The molecular formula is C50H31NOS. The molecule has 11 aromatic rings. The summed E-state index contributed by atoms with van der Waals surface area (Å²) >= 11 is 1.86. The van der Waals surface area contributed by atoms with Crippen LogP contribution in [-0.4, -0.2) is 0 Å². The van der Waals surface area contributed by atoms with E-state index in [0.717, 1.165) is 55.5 Å². The maximum atomic E-state index is 6.66. The molecule has 0 aliphatic carbocycles. The highest BCUT2D eigenvalue weighted by Gasteiger charge is 2.23. The molecule has 11 rings (SSSR count). The number of furan rings is 1. The van der Waals surface area contributed by atoms with Crippen molar-refractivity contribution in [3.8, 4) is 22.3 Å². The number of fused-ring (bicyclic) bond motifs is 9. The number of anilines is 3. The standard InChI is InChI=1S/C50H31NOS/c1-2-13-35-31-36(24-23-32(35)11-1)33-25-28-37(29-26-33)51(45-20-9-18-42-40-16-6-8-22-47(40)53-50(42)45)44-19-7-5-15-39(44)41-17-10-21-46-48(41)43-30-27-34-12-3-4-14-38(34)49(43)52-46/h1-31H. The lowest BCUT2D eigenvalue weighted by atomic mass is 9.96. The van der Waals surface area contributed by atoms with Gasteiger partial charge in [0.2, 0.25) is 0 Å². The quantitative estimate of drug-likeness (QED) is 0.178. The van der Waals surface area contributed by atoms with E-state index >= 15 is 0 Å². The zero-order valence-electron chi connectivity index (χ0n) is 28.7. The van der Waals surface area contributed by atoms with Crippen molar-refractivity contribution in [2.75, 3.05) is 4.90 Å². The molecule has 248 valence electrons. The molecule has 9 aromatic carbocycles. The largest absolute Gasteiger partial charge is 0.455 e. The summed E-state index contributed by atoms with van der Waals surface area (Å²) in [6, 6.07) is 68.0. The normalized spacial score (nSPS) is 11.8. The molecule has 2 aromatic heterocycles. The minimum atomic E-state index is 0.890. The second kappa shape index (κ2) is 11.9. The van der Waals surface area contributed by atoms with Gasteiger partial charge in [0.15, 0.2) is 0 Å². The molecule has 0 atom stereocenters. The van der Waals surface area contributed by atoms with E-state index in [9.17, 15) is 0 Å². The summed E-state index contributed by atoms with van der Waals surface area (Å²) in [6.45, 7) is 0. The maximum absolute atomic E-state index is 6.66. The van der Waals surface area contributed by atoms with Crippen LogP contribution in [0.15, 0.2) is 192 Å². The van der Waals surface area contributed by atoms with E-state index in [1.54, 1.807) is 0 Å². The molecule has 0 amide bonds. The Bertz CT molecular complexity index is 3190. The minimum Gasteiger partial charge on any atom is -0.455 e. The topological polar surface area (TPSA) is 16.4 Å². The van der Waals surface area contributed by atoms with Gasteiger partial charge in [-0.2, -0.15) is 0 Å². The summed E-state index contributed by atoms with van der Waals surface area (Å²) in [4.78, 5) is 2.45. The second-order valence-electron chi connectivity index (χ2n) is 13.7. The number of rotatable bonds is 5. The Morgan fingerprint density at radius 2 is 1.08 bits per heavy atom. The van der Waals surface area contributed by atoms with Gasteiger partial charge in [-0.15, -0.1) is 11.3 Å². The van der Waals surface area contributed by atoms with Crippen LogP contribution in [0.2, 0.25) is 0 Å². The van der Waals surface area contributed by atoms with Crippen molar-refractivity contribution in [2.24, 2.45) is 0 Å². The zero-order chi connectivity index (χ0) is 34.9. The molecule has 53 heavy (non-hydrogen) atoms. The van der Waals surface area contributed by atoms with Crippen molar-refractivity contribution in [2.45, 2.75) is 0 Å². The van der Waals surface area contributed by atoms with Gasteiger partial charge >= 0.3 is 0 Å². The van der Waals surface area contributed by atoms with Gasteiger partial charge in [0.05, 0.1) is 16.1 Å². The SMILES string of the molecule is c1ccc(N(c2ccc(-c3ccc4ccccc4c3)cc2)c2cccc3c2sc2ccccc23)c(-c2cccc3oc4c5ccccc5ccc4c23)c1. The van der Waals surface area contributed by atoms with Crippen LogP contribution in [0.5, 0.6) is 0 Å². The Morgan fingerprint density at radius 1 is 0.415 bits per heavy atom. The molecule has 0 saturated carbocycles. The van der Waals surface area contributed by atoms with Gasteiger partial charge in [0, 0.05) is 42.9 Å². The third kappa shape index (κ3) is 4.78. The van der Waals surface area contributed by atoms with Crippen LogP contribution in [-0.2, 0) is 0 Å². The van der Waals surface area contributed by atoms with Gasteiger partial charge in [-0.05, 0) is 81.4 Å². The molecule has 3 heteroatoms. The third-order valence-corrected chi connectivity index (χ3v) is 11.9. The fraction of sp³-hybridized carbons (Fsp3) is 0. The first-order valence-electron chi connectivity index (χ1n) is 18.0. The predicted octanol–water partition coefficient (Wildman–Crippen LogP) is 15.1. The van der Waals surface area contributed by atoms with E-state index < -0.39 is 0 Å². The van der Waals surface area contributed by atoms with Crippen molar-refractivity contribution in [1.82, 2.24) is 0 Å². The summed E-state index contributed by atoms with van der Waals surface area (Å²) in [6.07, 6.45) is 0. The first kappa shape index (κ1) is 30.0. The fourth-order valence-electron chi connectivity index (χ4n) is 8.16. The minimum absolute atomic E-state index is 0.890. The lowest BCUT2D eigenvalue weighted by molar-refractivity contribution is 0.673. The predicted molar refractivity (Wildman–Crippen MR) is 227 cm³/mol. The highest BCUT2D eigenvalue weighted by molar-refractivity contribution is 7.26. The van der Waals surface area contributed by atoms with Crippen molar-refractivity contribution >= 4 is 92.1 Å². The van der Waals surface area contributed by atoms with Crippen LogP contribution in [0.4, 0.5) is 17.1 Å².